The van der Waals surface area contributed by atoms with Gasteiger partial charge in [0.1, 0.15) is 5.75 Å². The largest absolute Gasteiger partial charge is 0.494 e. The van der Waals surface area contributed by atoms with Crippen LogP contribution in [0, 0.1) is 0 Å². The first-order valence-electron chi connectivity index (χ1n) is 8.12. The molecule has 0 saturated carbocycles. The summed E-state index contributed by atoms with van der Waals surface area (Å²) in [6.45, 7) is 6.17. The number of Topliss-reactive ketones (excluding diaryl/α,β-unsaturated/α-hetero) is 1. The van der Waals surface area contributed by atoms with Crippen LogP contribution < -0.4 is 10.1 Å². The first kappa shape index (κ1) is 19.7. The van der Waals surface area contributed by atoms with Crippen molar-refractivity contribution in [2.24, 2.45) is 0 Å². The van der Waals surface area contributed by atoms with E-state index in [4.69, 9.17) is 4.74 Å². The van der Waals surface area contributed by atoms with Crippen LogP contribution in [0.5, 0.6) is 5.75 Å². The minimum Gasteiger partial charge on any atom is -0.494 e. The van der Waals surface area contributed by atoms with Crippen molar-refractivity contribution in [1.82, 2.24) is 10.2 Å². The summed E-state index contributed by atoms with van der Waals surface area (Å²) in [6, 6.07) is 6.89. The van der Waals surface area contributed by atoms with Gasteiger partial charge in [-0.3, -0.25) is 14.4 Å². The van der Waals surface area contributed by atoms with Gasteiger partial charge in [-0.1, -0.05) is 0 Å². The van der Waals surface area contributed by atoms with E-state index in [1.165, 1.54) is 4.90 Å². The first-order valence-corrected chi connectivity index (χ1v) is 8.12. The third-order valence-corrected chi connectivity index (χ3v) is 3.31. The number of carbonyl (C=O) groups is 3. The third-order valence-electron chi connectivity index (χ3n) is 3.31. The highest BCUT2D eigenvalue weighted by atomic mass is 16.5. The lowest BCUT2D eigenvalue weighted by molar-refractivity contribution is -0.134. The van der Waals surface area contributed by atoms with Crippen molar-refractivity contribution in [2.45, 2.75) is 39.7 Å². The molecule has 24 heavy (non-hydrogen) atoms. The third kappa shape index (κ3) is 6.81. The van der Waals surface area contributed by atoms with Gasteiger partial charge >= 0.3 is 0 Å². The molecule has 1 N–H and O–H groups in total. The van der Waals surface area contributed by atoms with Crippen LogP contribution >= 0.6 is 0 Å². The second-order valence-electron chi connectivity index (χ2n) is 5.85. The highest BCUT2D eigenvalue weighted by Crippen LogP contribution is 2.14. The quantitative estimate of drug-likeness (QED) is 0.701. The van der Waals surface area contributed by atoms with Gasteiger partial charge in [-0.2, -0.15) is 0 Å². The predicted octanol–water partition coefficient (Wildman–Crippen LogP) is 2.03. The molecule has 0 aromatic heterocycles. The number of hydrogen-bond acceptors (Lipinski definition) is 4. The molecule has 2 amide bonds. The second kappa shape index (κ2) is 9.70. The van der Waals surface area contributed by atoms with Crippen molar-refractivity contribution < 1.29 is 19.1 Å². The van der Waals surface area contributed by atoms with Gasteiger partial charge in [0.15, 0.2) is 5.78 Å². The van der Waals surface area contributed by atoms with Crippen molar-refractivity contribution in [3.63, 3.8) is 0 Å². The Morgan fingerprint density at radius 3 is 2.29 bits per heavy atom. The molecular formula is C18H26N2O4. The van der Waals surface area contributed by atoms with Crippen molar-refractivity contribution >= 4 is 17.6 Å². The van der Waals surface area contributed by atoms with E-state index in [0.29, 0.717) is 17.9 Å². The Labute approximate surface area is 143 Å². The number of amides is 2. The number of hydrogen-bond donors (Lipinski definition) is 1. The van der Waals surface area contributed by atoms with Crippen LogP contribution in [-0.4, -0.2) is 48.7 Å². The molecule has 1 aromatic rings. The summed E-state index contributed by atoms with van der Waals surface area (Å²) in [5.74, 6) is 0.166. The smallest absolute Gasteiger partial charge is 0.239 e. The molecule has 0 bridgehead atoms. The SMILES string of the molecule is CCOc1ccc(C(=O)CCC(=O)N(C)CC(=O)NC(C)C)cc1. The molecular weight excluding hydrogens is 308 g/mol. The number of nitrogens with zero attached hydrogens (tertiary/aromatic N) is 1. The number of benzene rings is 1. The normalized spacial score (nSPS) is 10.4. The summed E-state index contributed by atoms with van der Waals surface area (Å²) >= 11 is 0. The van der Waals surface area contributed by atoms with E-state index in [-0.39, 0.29) is 43.0 Å². The van der Waals surface area contributed by atoms with E-state index in [1.54, 1.807) is 31.3 Å². The maximum absolute atomic E-state index is 12.1. The Hall–Kier alpha value is -2.37. The second-order valence-corrected chi connectivity index (χ2v) is 5.85. The molecule has 0 radical (unpaired) electrons. The van der Waals surface area contributed by atoms with E-state index in [1.807, 2.05) is 20.8 Å². The summed E-state index contributed by atoms with van der Waals surface area (Å²) in [5, 5.41) is 2.72. The lowest BCUT2D eigenvalue weighted by atomic mass is 10.1. The molecule has 0 spiro atoms. The van der Waals surface area contributed by atoms with Gasteiger partial charge in [-0.25, -0.2) is 0 Å². The average Bonchev–Trinajstić information content (AvgIpc) is 2.52. The number of carbonyl (C=O) groups excluding carboxylic acids is 3. The van der Waals surface area contributed by atoms with Crippen molar-refractivity contribution in [1.29, 1.82) is 0 Å². The fourth-order valence-electron chi connectivity index (χ4n) is 2.13. The molecule has 0 aliphatic heterocycles. The summed E-state index contributed by atoms with van der Waals surface area (Å²) in [6.07, 6.45) is 0.195. The van der Waals surface area contributed by atoms with Crippen molar-refractivity contribution in [3.8, 4) is 5.75 Å². The van der Waals surface area contributed by atoms with Gasteiger partial charge in [0.2, 0.25) is 11.8 Å². The molecule has 0 saturated heterocycles. The van der Waals surface area contributed by atoms with Crippen molar-refractivity contribution in [3.05, 3.63) is 29.8 Å². The molecule has 0 aliphatic rings. The molecule has 6 nitrogen and oxygen atoms in total. The number of ether oxygens (including phenoxy) is 1. The summed E-state index contributed by atoms with van der Waals surface area (Å²) in [5.41, 5.74) is 0.548. The van der Waals surface area contributed by atoms with Crippen LogP contribution in [0.15, 0.2) is 24.3 Å². The van der Waals surface area contributed by atoms with Crippen molar-refractivity contribution in [2.75, 3.05) is 20.2 Å². The van der Waals surface area contributed by atoms with E-state index in [0.717, 1.165) is 0 Å². The topological polar surface area (TPSA) is 75.7 Å². The van der Waals surface area contributed by atoms with Crippen LogP contribution in [0.4, 0.5) is 0 Å². The fourth-order valence-corrected chi connectivity index (χ4v) is 2.13. The monoisotopic (exact) mass is 334 g/mol. The highest BCUT2D eigenvalue weighted by Gasteiger charge is 2.15. The Morgan fingerprint density at radius 2 is 1.75 bits per heavy atom. The van der Waals surface area contributed by atoms with Gasteiger partial charge in [-0.15, -0.1) is 0 Å². The molecule has 0 atom stereocenters. The molecule has 1 aromatic carbocycles. The molecule has 0 aliphatic carbocycles. The molecule has 6 heteroatoms. The Kier molecular flexibility index (Phi) is 7.95. The Balaban J connectivity index is 2.45. The minimum atomic E-state index is -0.229. The minimum absolute atomic E-state index is 0.00570. The zero-order valence-electron chi connectivity index (χ0n) is 14.8. The lowest BCUT2D eigenvalue weighted by Crippen LogP contribution is -2.40. The molecule has 0 fully saturated rings. The van der Waals surface area contributed by atoms with Crippen LogP contribution in [-0.2, 0) is 9.59 Å². The lowest BCUT2D eigenvalue weighted by Gasteiger charge is -2.17. The van der Waals surface area contributed by atoms with Crippen LogP contribution in [0.1, 0.15) is 44.0 Å². The van der Waals surface area contributed by atoms with Gasteiger partial charge < -0.3 is 15.0 Å². The van der Waals surface area contributed by atoms with E-state index >= 15 is 0 Å². The maximum atomic E-state index is 12.1. The van der Waals surface area contributed by atoms with Gasteiger partial charge in [0.25, 0.3) is 0 Å². The maximum Gasteiger partial charge on any atom is 0.239 e. The fraction of sp³-hybridized carbons (Fsp3) is 0.500. The molecule has 0 unspecified atom stereocenters. The summed E-state index contributed by atoms with van der Waals surface area (Å²) in [4.78, 5) is 37.1. The molecule has 1 rings (SSSR count). The van der Waals surface area contributed by atoms with E-state index in [9.17, 15) is 14.4 Å². The molecule has 132 valence electrons. The zero-order chi connectivity index (χ0) is 18.1. The highest BCUT2D eigenvalue weighted by molar-refractivity contribution is 5.98. The summed E-state index contributed by atoms with van der Waals surface area (Å²) < 4.78 is 5.32. The van der Waals surface area contributed by atoms with Gasteiger partial charge in [0, 0.05) is 31.5 Å². The zero-order valence-corrected chi connectivity index (χ0v) is 14.8. The van der Waals surface area contributed by atoms with Crippen LogP contribution in [0.2, 0.25) is 0 Å². The van der Waals surface area contributed by atoms with E-state index < -0.39 is 0 Å². The number of rotatable bonds is 9. The van der Waals surface area contributed by atoms with Crippen LogP contribution in [0.3, 0.4) is 0 Å². The van der Waals surface area contributed by atoms with E-state index in [2.05, 4.69) is 5.32 Å². The summed E-state index contributed by atoms with van der Waals surface area (Å²) in [7, 11) is 1.56. The first-order chi connectivity index (χ1) is 11.3. The Bertz CT molecular complexity index is 567. The number of likely N-dealkylation sites (N-methyl/N-ethyl adjacent to an activating group) is 1. The van der Waals surface area contributed by atoms with Crippen LogP contribution in [0.25, 0.3) is 0 Å². The van der Waals surface area contributed by atoms with Gasteiger partial charge in [0.05, 0.1) is 13.2 Å². The number of ketones is 1. The van der Waals surface area contributed by atoms with Gasteiger partial charge in [-0.05, 0) is 45.0 Å². The predicted molar refractivity (Wildman–Crippen MR) is 92.1 cm³/mol. The standard InChI is InChI=1S/C18H26N2O4/c1-5-24-15-8-6-14(7-9-15)16(21)10-11-18(23)20(4)12-17(22)19-13(2)3/h6-9,13H,5,10-12H2,1-4H3,(H,19,22). The average molecular weight is 334 g/mol. The Morgan fingerprint density at radius 1 is 1.12 bits per heavy atom. The molecule has 0 heterocycles. The number of nitrogens with one attached hydrogen (secondary N) is 1.